The summed E-state index contributed by atoms with van der Waals surface area (Å²) >= 11 is 0. The number of unbranched alkanes of at least 4 members (excludes halogenated alkanes) is 16. The normalized spacial score (nSPS) is 11.8. The Bertz CT molecular complexity index is 270. The van der Waals surface area contributed by atoms with Crippen molar-refractivity contribution in [1.82, 2.24) is 4.90 Å². The van der Waals surface area contributed by atoms with Crippen molar-refractivity contribution >= 4 is 0 Å². The Morgan fingerprint density at radius 1 is 0.414 bits per heavy atom. The summed E-state index contributed by atoms with van der Waals surface area (Å²) in [6.45, 7) is 5.90. The van der Waals surface area contributed by atoms with Gasteiger partial charge in [-0.15, -0.1) is 0 Å². The van der Waals surface area contributed by atoms with Gasteiger partial charge in [-0.2, -0.15) is 0 Å². The lowest BCUT2D eigenvalue weighted by molar-refractivity contribution is 0.364. The maximum Gasteiger partial charge on any atom is -0.00248 e. The van der Waals surface area contributed by atoms with E-state index in [1.807, 2.05) is 0 Å². The lowest BCUT2D eigenvalue weighted by Crippen LogP contribution is -2.12. The molecule has 0 aromatic rings. The molecule has 0 heterocycles. The van der Waals surface area contributed by atoms with Crippen molar-refractivity contribution in [3.63, 3.8) is 0 Å². The molecule has 29 heavy (non-hydrogen) atoms. The summed E-state index contributed by atoms with van der Waals surface area (Å²) in [6.07, 6.45) is 32.2. The summed E-state index contributed by atoms with van der Waals surface area (Å²) in [4.78, 5) is 2.31. The Morgan fingerprint density at radius 2 is 0.724 bits per heavy atom. The molecule has 0 bridgehead atoms. The number of nitrogens with zero attached hydrogens (tertiary/aromatic N) is 1. The summed E-state index contributed by atoms with van der Waals surface area (Å²) in [5, 5.41) is 0. The second-order valence-electron chi connectivity index (χ2n) is 10.0. The highest BCUT2D eigenvalue weighted by Crippen LogP contribution is 2.24. The van der Waals surface area contributed by atoms with E-state index in [9.17, 15) is 0 Å². The van der Waals surface area contributed by atoms with Crippen LogP contribution in [-0.2, 0) is 0 Å². The third-order valence-corrected chi connectivity index (χ3v) is 6.65. The van der Waals surface area contributed by atoms with Gasteiger partial charge in [0.2, 0.25) is 0 Å². The van der Waals surface area contributed by atoms with E-state index in [1.165, 1.54) is 148 Å². The predicted octanol–water partition coefficient (Wildman–Crippen LogP) is 9.79. The maximum absolute atomic E-state index is 2.32. The average Bonchev–Trinajstić information content (AvgIpc) is 2.70. The molecular formula is C28H59N. The highest BCUT2D eigenvalue weighted by atomic mass is 15.0. The van der Waals surface area contributed by atoms with Crippen molar-refractivity contribution in [3.05, 3.63) is 0 Å². The van der Waals surface area contributed by atoms with Crippen molar-refractivity contribution in [2.45, 2.75) is 155 Å². The molecule has 0 saturated carbocycles. The molecule has 0 aromatic carbocycles. The van der Waals surface area contributed by atoms with Crippen LogP contribution in [0, 0.1) is 5.92 Å². The van der Waals surface area contributed by atoms with Gasteiger partial charge in [0.15, 0.2) is 0 Å². The molecule has 0 amide bonds. The first-order valence-corrected chi connectivity index (χ1v) is 13.8. The molecule has 0 aliphatic carbocycles. The van der Waals surface area contributed by atoms with Crippen LogP contribution in [0.4, 0.5) is 0 Å². The third-order valence-electron chi connectivity index (χ3n) is 6.65. The van der Waals surface area contributed by atoms with Gasteiger partial charge < -0.3 is 4.90 Å². The van der Waals surface area contributed by atoms with E-state index in [1.54, 1.807) is 0 Å². The van der Waals surface area contributed by atoms with Crippen LogP contribution in [0.5, 0.6) is 0 Å². The third kappa shape index (κ3) is 24.1. The highest BCUT2D eigenvalue weighted by molar-refractivity contribution is 4.62. The number of rotatable bonds is 24. The van der Waals surface area contributed by atoms with Crippen LogP contribution < -0.4 is 0 Å². The zero-order chi connectivity index (χ0) is 21.4. The van der Waals surface area contributed by atoms with Crippen LogP contribution in [0.1, 0.15) is 155 Å². The molecule has 0 unspecified atom stereocenters. The first-order chi connectivity index (χ1) is 14.2. The van der Waals surface area contributed by atoms with Gasteiger partial charge in [0.25, 0.3) is 0 Å². The van der Waals surface area contributed by atoms with E-state index >= 15 is 0 Å². The summed E-state index contributed by atoms with van der Waals surface area (Å²) in [6, 6.07) is 0. The second kappa shape index (κ2) is 24.2. The van der Waals surface area contributed by atoms with E-state index in [0.29, 0.717) is 0 Å². The van der Waals surface area contributed by atoms with Crippen LogP contribution in [-0.4, -0.2) is 25.5 Å². The fourth-order valence-electron chi connectivity index (χ4n) is 4.60. The molecule has 1 heteroatoms. The lowest BCUT2D eigenvalue weighted by atomic mass is 9.89. The van der Waals surface area contributed by atoms with Crippen LogP contribution in [0.2, 0.25) is 0 Å². The Kier molecular flexibility index (Phi) is 24.2. The smallest absolute Gasteiger partial charge is 0.00248 e. The summed E-state index contributed by atoms with van der Waals surface area (Å²) in [5.41, 5.74) is 0. The van der Waals surface area contributed by atoms with Crippen molar-refractivity contribution in [1.29, 1.82) is 0 Å². The maximum atomic E-state index is 2.32. The van der Waals surface area contributed by atoms with E-state index in [4.69, 9.17) is 0 Å². The van der Waals surface area contributed by atoms with E-state index < -0.39 is 0 Å². The zero-order valence-electron chi connectivity index (χ0n) is 21.3. The Morgan fingerprint density at radius 3 is 1.07 bits per heavy atom. The fraction of sp³-hybridized carbons (Fsp3) is 1.00. The Balaban J connectivity index is 3.77. The quantitative estimate of drug-likeness (QED) is 0.143. The molecular weight excluding hydrogens is 350 g/mol. The minimum Gasteiger partial charge on any atom is -0.309 e. The standard InChI is InChI=1S/C28H59N/c1-5-7-9-11-16-20-24-28(25-21-17-12-10-8-6-2)26-22-18-14-13-15-19-23-27-29(3)4/h28H,5-27H2,1-4H3. The Labute approximate surface area is 186 Å². The van der Waals surface area contributed by atoms with E-state index in [0.717, 1.165) is 5.92 Å². The molecule has 0 aliphatic heterocycles. The molecule has 1 nitrogen and oxygen atoms in total. The van der Waals surface area contributed by atoms with Crippen molar-refractivity contribution in [2.75, 3.05) is 20.6 Å². The molecule has 0 radical (unpaired) electrons. The summed E-state index contributed by atoms with van der Waals surface area (Å²) in [7, 11) is 4.37. The SMILES string of the molecule is CCCCCCCCC(CCCCCCCC)CCCCCCCCCN(C)C. The molecule has 0 rings (SSSR count). The first kappa shape index (κ1) is 29.0. The van der Waals surface area contributed by atoms with Gasteiger partial charge in [0.05, 0.1) is 0 Å². The van der Waals surface area contributed by atoms with Crippen LogP contribution in [0.25, 0.3) is 0 Å². The van der Waals surface area contributed by atoms with Gasteiger partial charge in [-0.05, 0) is 33.0 Å². The van der Waals surface area contributed by atoms with Gasteiger partial charge >= 0.3 is 0 Å². The van der Waals surface area contributed by atoms with E-state index in [2.05, 4.69) is 32.8 Å². The second-order valence-corrected chi connectivity index (χ2v) is 10.0. The summed E-state index contributed by atoms with van der Waals surface area (Å²) in [5.74, 6) is 1.03. The van der Waals surface area contributed by atoms with E-state index in [-0.39, 0.29) is 0 Å². The topological polar surface area (TPSA) is 3.24 Å². The lowest BCUT2D eigenvalue weighted by Gasteiger charge is -2.17. The van der Waals surface area contributed by atoms with Crippen LogP contribution in [0.3, 0.4) is 0 Å². The molecule has 0 fully saturated rings. The predicted molar refractivity (Wildman–Crippen MR) is 135 cm³/mol. The largest absolute Gasteiger partial charge is 0.309 e. The molecule has 0 spiro atoms. The minimum atomic E-state index is 1.03. The fourth-order valence-corrected chi connectivity index (χ4v) is 4.60. The first-order valence-electron chi connectivity index (χ1n) is 13.8. The van der Waals surface area contributed by atoms with Gasteiger partial charge in [-0.1, -0.05) is 149 Å². The zero-order valence-corrected chi connectivity index (χ0v) is 21.3. The molecule has 0 saturated heterocycles. The number of hydrogen-bond acceptors (Lipinski definition) is 1. The van der Waals surface area contributed by atoms with Gasteiger partial charge in [0.1, 0.15) is 0 Å². The van der Waals surface area contributed by atoms with Crippen molar-refractivity contribution in [3.8, 4) is 0 Å². The number of hydrogen-bond donors (Lipinski definition) is 0. The average molecular weight is 410 g/mol. The molecule has 0 atom stereocenters. The molecule has 0 aromatic heterocycles. The Hall–Kier alpha value is -0.0400. The van der Waals surface area contributed by atoms with Gasteiger partial charge in [0, 0.05) is 0 Å². The minimum absolute atomic E-state index is 1.03. The van der Waals surface area contributed by atoms with Crippen molar-refractivity contribution in [2.24, 2.45) is 5.92 Å². The van der Waals surface area contributed by atoms with Crippen LogP contribution >= 0.6 is 0 Å². The molecule has 0 aliphatic rings. The molecule has 176 valence electrons. The highest BCUT2D eigenvalue weighted by Gasteiger charge is 2.08. The van der Waals surface area contributed by atoms with Crippen LogP contribution in [0.15, 0.2) is 0 Å². The monoisotopic (exact) mass is 409 g/mol. The van der Waals surface area contributed by atoms with Gasteiger partial charge in [-0.3, -0.25) is 0 Å². The van der Waals surface area contributed by atoms with Gasteiger partial charge in [-0.25, -0.2) is 0 Å². The summed E-state index contributed by atoms with van der Waals surface area (Å²) < 4.78 is 0. The molecule has 0 N–H and O–H groups in total. The van der Waals surface area contributed by atoms with Crippen molar-refractivity contribution < 1.29 is 0 Å².